The second kappa shape index (κ2) is 12.0. The molecule has 0 saturated heterocycles. The van der Waals surface area contributed by atoms with Gasteiger partial charge in [-0.15, -0.1) is 0 Å². The van der Waals surface area contributed by atoms with Crippen LogP contribution >= 0.6 is 0 Å². The highest BCUT2D eigenvalue weighted by Gasteiger charge is 2.22. The number of rotatable bonds is 10. The van der Waals surface area contributed by atoms with Crippen molar-refractivity contribution in [1.29, 1.82) is 0 Å². The van der Waals surface area contributed by atoms with Crippen molar-refractivity contribution in [2.24, 2.45) is 0 Å². The van der Waals surface area contributed by atoms with E-state index in [1.807, 2.05) is 36.4 Å². The third kappa shape index (κ3) is 5.67. The molecule has 2 heterocycles. The van der Waals surface area contributed by atoms with Gasteiger partial charge in [-0.05, 0) is 41.8 Å². The molecule has 204 valence electrons. The van der Waals surface area contributed by atoms with Crippen LogP contribution in [0.25, 0.3) is 21.8 Å². The number of esters is 2. The fraction of sp³-hybridized carbons (Fsp3) is 0.219. The molecular formula is C32H31N3O5. The molecule has 8 heteroatoms. The van der Waals surface area contributed by atoms with Crippen LogP contribution in [-0.4, -0.2) is 53.4 Å². The number of methoxy groups -OCH3 is 2. The third-order valence-electron chi connectivity index (χ3n) is 7.01. The van der Waals surface area contributed by atoms with E-state index in [0.717, 1.165) is 38.6 Å². The predicted octanol–water partition coefficient (Wildman–Crippen LogP) is 4.65. The highest BCUT2D eigenvalue weighted by Crippen LogP contribution is 2.32. The van der Waals surface area contributed by atoms with Gasteiger partial charge in [0.2, 0.25) is 0 Å². The van der Waals surface area contributed by atoms with Crippen LogP contribution in [0.5, 0.6) is 5.75 Å². The highest BCUT2D eigenvalue weighted by molar-refractivity contribution is 6.10. The number of carbonyl (C=O) groups excluding carboxylic acids is 2. The molecule has 0 spiro atoms. The van der Waals surface area contributed by atoms with Crippen molar-refractivity contribution in [2.45, 2.75) is 25.4 Å². The Kier molecular flexibility index (Phi) is 8.07. The van der Waals surface area contributed by atoms with Gasteiger partial charge in [0.05, 0.1) is 25.4 Å². The Morgan fingerprint density at radius 3 is 2.35 bits per heavy atom. The number of phenolic OH excluding ortho intramolecular Hbond substituents is 1. The fourth-order valence-corrected chi connectivity index (χ4v) is 5.08. The van der Waals surface area contributed by atoms with Gasteiger partial charge in [0.15, 0.2) is 0 Å². The van der Waals surface area contributed by atoms with Gasteiger partial charge in [-0.25, -0.2) is 9.78 Å². The summed E-state index contributed by atoms with van der Waals surface area (Å²) in [4.78, 5) is 29.9. The monoisotopic (exact) mass is 537 g/mol. The standard InChI is InChI=1S/C32H31N3O5/c1-39-31(37)27(18-21-12-14-23(36)15-13-21)33-17-16-26-30-25(19-28(34-26)32(38)40-2)24-10-6-7-11-29(24)35(30)20-22-8-4-3-5-9-22/h3-15,19,27,33,36H,16-18,20H2,1-2H3/t27-/m0/s1. The number of hydrogen-bond acceptors (Lipinski definition) is 7. The van der Waals surface area contributed by atoms with E-state index < -0.39 is 12.0 Å². The smallest absolute Gasteiger partial charge is 0.356 e. The molecule has 0 bridgehead atoms. The van der Waals surface area contributed by atoms with Crippen LogP contribution in [0, 0.1) is 0 Å². The Morgan fingerprint density at radius 1 is 0.900 bits per heavy atom. The van der Waals surface area contributed by atoms with E-state index in [4.69, 9.17) is 14.5 Å². The first kappa shape index (κ1) is 26.9. The predicted molar refractivity (Wildman–Crippen MR) is 153 cm³/mol. The maximum Gasteiger partial charge on any atom is 0.356 e. The summed E-state index contributed by atoms with van der Waals surface area (Å²) in [5.74, 6) is -0.721. The number of carbonyl (C=O) groups is 2. The number of nitrogens with one attached hydrogen (secondary N) is 1. The summed E-state index contributed by atoms with van der Waals surface area (Å²) in [6.45, 7) is 1.05. The molecule has 2 N–H and O–H groups in total. The number of aromatic hydroxyl groups is 1. The summed E-state index contributed by atoms with van der Waals surface area (Å²) >= 11 is 0. The molecule has 0 saturated carbocycles. The van der Waals surface area contributed by atoms with Crippen molar-refractivity contribution in [2.75, 3.05) is 20.8 Å². The molecular weight excluding hydrogens is 506 g/mol. The lowest BCUT2D eigenvalue weighted by atomic mass is 10.1. The zero-order valence-electron chi connectivity index (χ0n) is 22.5. The van der Waals surface area contributed by atoms with Gasteiger partial charge in [-0.3, -0.25) is 4.79 Å². The Hall–Kier alpha value is -4.69. The number of phenols is 1. The number of para-hydroxylation sites is 1. The van der Waals surface area contributed by atoms with E-state index in [0.29, 0.717) is 25.9 Å². The Morgan fingerprint density at radius 2 is 1.62 bits per heavy atom. The minimum Gasteiger partial charge on any atom is -0.508 e. The molecule has 0 fully saturated rings. The van der Waals surface area contributed by atoms with Gasteiger partial charge >= 0.3 is 11.9 Å². The maximum atomic E-state index is 12.6. The van der Waals surface area contributed by atoms with E-state index in [2.05, 4.69) is 28.1 Å². The molecule has 0 aliphatic carbocycles. The topological polar surface area (TPSA) is 103 Å². The number of nitrogens with zero attached hydrogens (tertiary/aromatic N) is 2. The van der Waals surface area contributed by atoms with Gasteiger partial charge in [-0.2, -0.15) is 0 Å². The molecule has 5 rings (SSSR count). The Bertz CT molecular complexity index is 1640. The van der Waals surface area contributed by atoms with E-state index in [9.17, 15) is 14.7 Å². The number of pyridine rings is 1. The maximum absolute atomic E-state index is 12.6. The molecule has 5 aromatic rings. The lowest BCUT2D eigenvalue weighted by Gasteiger charge is -2.17. The van der Waals surface area contributed by atoms with Gasteiger partial charge < -0.3 is 24.5 Å². The minimum atomic E-state index is -0.594. The van der Waals surface area contributed by atoms with Gasteiger partial charge in [0.1, 0.15) is 17.5 Å². The summed E-state index contributed by atoms with van der Waals surface area (Å²) in [7, 11) is 2.71. The lowest BCUT2D eigenvalue weighted by molar-refractivity contribution is -0.143. The molecule has 0 aliphatic heterocycles. The van der Waals surface area contributed by atoms with E-state index >= 15 is 0 Å². The third-order valence-corrected chi connectivity index (χ3v) is 7.01. The van der Waals surface area contributed by atoms with Crippen molar-refractivity contribution < 1.29 is 24.2 Å². The molecule has 0 unspecified atom stereocenters. The number of benzene rings is 3. The highest BCUT2D eigenvalue weighted by atomic mass is 16.5. The average Bonchev–Trinajstić information content (AvgIpc) is 3.30. The Balaban J connectivity index is 1.52. The summed E-state index contributed by atoms with van der Waals surface area (Å²) in [6.07, 6.45) is 0.849. The van der Waals surface area contributed by atoms with E-state index in [-0.39, 0.29) is 17.4 Å². The quantitative estimate of drug-likeness (QED) is 0.250. The zero-order chi connectivity index (χ0) is 28.1. The number of fused-ring (bicyclic) bond motifs is 3. The van der Waals surface area contributed by atoms with E-state index in [1.54, 1.807) is 30.3 Å². The minimum absolute atomic E-state index is 0.165. The fourth-order valence-electron chi connectivity index (χ4n) is 5.08. The molecule has 8 nitrogen and oxygen atoms in total. The number of aromatic nitrogens is 2. The first-order valence-corrected chi connectivity index (χ1v) is 13.1. The molecule has 0 aliphatic rings. The molecule has 40 heavy (non-hydrogen) atoms. The average molecular weight is 538 g/mol. The van der Waals surface area contributed by atoms with Crippen molar-refractivity contribution in [1.82, 2.24) is 14.9 Å². The first-order valence-electron chi connectivity index (χ1n) is 13.1. The van der Waals surface area contributed by atoms with Crippen molar-refractivity contribution in [3.05, 3.63) is 107 Å². The van der Waals surface area contributed by atoms with Gasteiger partial charge in [0.25, 0.3) is 0 Å². The van der Waals surface area contributed by atoms with Crippen LogP contribution in [0.1, 0.15) is 27.3 Å². The summed E-state index contributed by atoms with van der Waals surface area (Å²) in [5.41, 5.74) is 4.97. The second-order valence-electron chi connectivity index (χ2n) is 9.58. The molecule has 0 amide bonds. The van der Waals surface area contributed by atoms with Crippen LogP contribution in [-0.2, 0) is 33.7 Å². The van der Waals surface area contributed by atoms with Crippen LogP contribution in [0.3, 0.4) is 0 Å². The molecule has 2 aromatic heterocycles. The summed E-state index contributed by atoms with van der Waals surface area (Å²) < 4.78 is 12.3. The first-order chi connectivity index (χ1) is 19.5. The molecule has 1 atom stereocenters. The van der Waals surface area contributed by atoms with Crippen LogP contribution in [0.4, 0.5) is 0 Å². The van der Waals surface area contributed by atoms with Crippen LogP contribution < -0.4 is 5.32 Å². The van der Waals surface area contributed by atoms with Crippen LogP contribution in [0.2, 0.25) is 0 Å². The van der Waals surface area contributed by atoms with Gasteiger partial charge in [-0.1, -0.05) is 60.7 Å². The van der Waals surface area contributed by atoms with Crippen molar-refractivity contribution in [3.63, 3.8) is 0 Å². The molecule has 0 radical (unpaired) electrons. The summed E-state index contributed by atoms with van der Waals surface area (Å²) in [6, 6.07) is 26.2. The second-order valence-corrected chi connectivity index (χ2v) is 9.58. The van der Waals surface area contributed by atoms with Gasteiger partial charge in [0, 0.05) is 35.8 Å². The summed E-state index contributed by atoms with van der Waals surface area (Å²) in [5, 5.41) is 14.9. The van der Waals surface area contributed by atoms with Crippen molar-refractivity contribution >= 4 is 33.7 Å². The van der Waals surface area contributed by atoms with E-state index in [1.165, 1.54) is 14.2 Å². The van der Waals surface area contributed by atoms with Crippen LogP contribution in [0.15, 0.2) is 84.9 Å². The number of hydrogen-bond donors (Lipinski definition) is 2. The zero-order valence-corrected chi connectivity index (χ0v) is 22.5. The molecule has 3 aromatic carbocycles. The SMILES string of the molecule is COC(=O)c1cc2c3ccccc3n(Cc3ccccc3)c2c(CCN[C@@H](Cc2ccc(O)cc2)C(=O)OC)n1. The number of ether oxygens (including phenoxy) is 2. The Labute approximate surface area is 232 Å². The van der Waals surface area contributed by atoms with Crippen molar-refractivity contribution in [3.8, 4) is 5.75 Å². The lowest BCUT2D eigenvalue weighted by Crippen LogP contribution is -2.40. The normalized spacial score (nSPS) is 11.9. The largest absolute Gasteiger partial charge is 0.508 e.